The van der Waals surface area contributed by atoms with Gasteiger partial charge >= 0.3 is 35.8 Å². The topological polar surface area (TPSA) is 181 Å². The van der Waals surface area contributed by atoms with Crippen LogP contribution >= 0.6 is 0 Å². The van der Waals surface area contributed by atoms with Crippen molar-refractivity contribution in [1.29, 1.82) is 0 Å². The molecule has 0 amide bonds. The van der Waals surface area contributed by atoms with E-state index >= 15 is 0 Å². The molecule has 0 saturated heterocycles. The van der Waals surface area contributed by atoms with E-state index in [9.17, 15) is 43.2 Å². The van der Waals surface area contributed by atoms with Crippen LogP contribution in [0.3, 0.4) is 0 Å². The summed E-state index contributed by atoms with van der Waals surface area (Å²) < 4.78 is 13.4. The first kappa shape index (κ1) is 49.9. The summed E-state index contributed by atoms with van der Waals surface area (Å²) in [6.07, 6.45) is 0. The summed E-state index contributed by atoms with van der Waals surface area (Å²) in [6.45, 7) is 28.9. The molecular formula is C33H54IrO12. The van der Waals surface area contributed by atoms with E-state index in [2.05, 4.69) is 14.2 Å². The normalized spacial score (nSPS) is 11.9. The van der Waals surface area contributed by atoms with Crippen LogP contribution < -0.4 is 0 Å². The number of esters is 6. The molecule has 0 aliphatic rings. The first-order valence-corrected chi connectivity index (χ1v) is 14.3. The van der Waals surface area contributed by atoms with Crippen molar-refractivity contribution >= 4 is 53.2 Å². The van der Waals surface area contributed by atoms with Gasteiger partial charge in [0.2, 0.25) is 17.3 Å². The molecule has 0 rings (SSSR count). The van der Waals surface area contributed by atoms with Crippen LogP contribution in [0.2, 0.25) is 0 Å². The summed E-state index contributed by atoms with van der Waals surface area (Å²) in [4.78, 5) is 102. The Labute approximate surface area is 287 Å². The minimum atomic E-state index is -1.08. The Morgan fingerprint density at radius 1 is 0.283 bits per heavy atom. The minimum Gasteiger partial charge on any atom is -0.387 e. The Morgan fingerprint density at radius 3 is 0.500 bits per heavy atom. The van der Waals surface area contributed by atoms with Gasteiger partial charge in [0.05, 0.1) is 16.2 Å². The van der Waals surface area contributed by atoms with E-state index in [4.69, 9.17) is 0 Å². The van der Waals surface area contributed by atoms with Crippen molar-refractivity contribution in [2.75, 3.05) is 0 Å². The number of hydrogen-bond donors (Lipinski definition) is 0. The molecule has 0 saturated carbocycles. The van der Waals surface area contributed by atoms with Gasteiger partial charge in [-0.25, -0.2) is 14.4 Å². The molecule has 0 spiro atoms. The van der Waals surface area contributed by atoms with Crippen molar-refractivity contribution in [3.63, 3.8) is 0 Å². The molecule has 0 aromatic heterocycles. The van der Waals surface area contributed by atoms with Crippen LogP contribution in [-0.2, 0) is 77.5 Å². The summed E-state index contributed by atoms with van der Waals surface area (Å²) in [5, 5.41) is 0. The van der Waals surface area contributed by atoms with Gasteiger partial charge in [0.25, 0.3) is 0 Å². The van der Waals surface area contributed by atoms with Gasteiger partial charge < -0.3 is 14.2 Å². The van der Waals surface area contributed by atoms with Crippen LogP contribution in [-0.4, -0.2) is 53.2 Å². The summed E-state index contributed by atoms with van der Waals surface area (Å²) in [5.74, 6) is -7.40. The van der Waals surface area contributed by atoms with Crippen LogP contribution in [0.15, 0.2) is 0 Å². The molecule has 0 aliphatic heterocycles. The van der Waals surface area contributed by atoms with E-state index in [1.807, 2.05) is 0 Å². The zero-order chi connectivity index (χ0) is 37.3. The Morgan fingerprint density at radius 2 is 0.413 bits per heavy atom. The molecule has 0 atom stereocenters. The second-order valence-electron chi connectivity index (χ2n) is 16.5. The average molecular weight is 835 g/mol. The molecule has 13 heteroatoms. The van der Waals surface area contributed by atoms with E-state index in [-0.39, 0.29) is 20.1 Å². The maximum absolute atomic E-state index is 11.4. The van der Waals surface area contributed by atoms with Gasteiger partial charge in [-0.1, -0.05) is 62.3 Å². The van der Waals surface area contributed by atoms with E-state index in [0.29, 0.717) is 0 Å². The van der Waals surface area contributed by atoms with Gasteiger partial charge in [0, 0.05) is 36.4 Å². The molecule has 0 fully saturated rings. The summed E-state index contributed by atoms with van der Waals surface area (Å²) in [5.41, 5.74) is -4.82. The molecule has 12 nitrogen and oxygen atoms in total. The third-order valence-corrected chi connectivity index (χ3v) is 4.99. The predicted molar refractivity (Wildman–Crippen MR) is 165 cm³/mol. The third-order valence-electron chi connectivity index (χ3n) is 4.99. The minimum absolute atomic E-state index is 0. The fraction of sp³-hybridized carbons (Fsp3) is 0.727. The van der Waals surface area contributed by atoms with Gasteiger partial charge in [0.1, 0.15) is 0 Å². The van der Waals surface area contributed by atoms with Gasteiger partial charge in [-0.3, -0.25) is 28.8 Å². The Balaban J connectivity index is -0.000000285. The average Bonchev–Trinajstić information content (AvgIpc) is 2.79. The Hall–Kier alpha value is -2.92. The maximum Gasteiger partial charge on any atom is 0.382 e. The van der Waals surface area contributed by atoms with Crippen molar-refractivity contribution in [3.8, 4) is 0 Å². The monoisotopic (exact) mass is 835 g/mol. The van der Waals surface area contributed by atoms with E-state index in [1.54, 1.807) is 125 Å². The van der Waals surface area contributed by atoms with Crippen LogP contribution in [0, 0.1) is 32.5 Å². The van der Waals surface area contributed by atoms with Crippen LogP contribution in [0.1, 0.15) is 125 Å². The SMILES string of the molecule is CC(C)(C)C(=O)OC(=O)C(=O)C(C)(C)C.CC(C)(C)C(=O)OC(=O)C(=O)C(C)(C)C.CC(C)(C)C(=O)OC(=O)C(=O)C(C)(C)C.[Ir]. The number of Topliss-reactive ketones (excluding diaryl/α,β-unsaturated/α-hetero) is 3. The molecular weight excluding hydrogens is 781 g/mol. The first-order chi connectivity index (χ1) is 19.4. The van der Waals surface area contributed by atoms with Gasteiger partial charge in [-0.2, -0.15) is 0 Å². The molecule has 0 aromatic carbocycles. The third kappa shape index (κ3) is 20.3. The Bertz CT molecular complexity index is 1020. The Kier molecular flexibility index (Phi) is 19.4. The molecule has 0 aliphatic carbocycles. The summed E-state index contributed by atoms with van der Waals surface area (Å²) in [6, 6.07) is 0. The molecule has 46 heavy (non-hydrogen) atoms. The van der Waals surface area contributed by atoms with Crippen LogP contribution in [0.25, 0.3) is 0 Å². The van der Waals surface area contributed by atoms with Crippen molar-refractivity contribution in [3.05, 3.63) is 0 Å². The van der Waals surface area contributed by atoms with E-state index in [1.165, 1.54) is 0 Å². The molecule has 0 N–H and O–H groups in total. The van der Waals surface area contributed by atoms with Crippen molar-refractivity contribution < 1.29 is 77.5 Å². The molecule has 267 valence electrons. The zero-order valence-corrected chi connectivity index (χ0v) is 33.1. The molecule has 1 radical (unpaired) electrons. The summed E-state index contributed by atoms with van der Waals surface area (Å²) >= 11 is 0. The first-order valence-electron chi connectivity index (χ1n) is 14.3. The number of rotatable bonds is 3. The van der Waals surface area contributed by atoms with E-state index < -0.39 is 85.7 Å². The molecule has 0 unspecified atom stereocenters. The second-order valence-corrected chi connectivity index (χ2v) is 16.5. The van der Waals surface area contributed by atoms with Crippen molar-refractivity contribution in [1.82, 2.24) is 0 Å². The predicted octanol–water partition coefficient (Wildman–Crippen LogP) is 5.15. The van der Waals surface area contributed by atoms with Crippen molar-refractivity contribution in [2.24, 2.45) is 32.5 Å². The van der Waals surface area contributed by atoms with E-state index in [0.717, 1.165) is 0 Å². The molecule has 0 heterocycles. The van der Waals surface area contributed by atoms with Crippen LogP contribution in [0.4, 0.5) is 0 Å². The van der Waals surface area contributed by atoms with Gasteiger partial charge in [-0.05, 0) is 62.3 Å². The number of carbonyl (C=O) groups excluding carboxylic acids is 9. The maximum atomic E-state index is 11.4. The van der Waals surface area contributed by atoms with Gasteiger partial charge in [0.15, 0.2) is 0 Å². The quantitative estimate of drug-likeness (QED) is 0.158. The summed E-state index contributed by atoms with van der Waals surface area (Å²) in [7, 11) is 0. The fourth-order valence-electron chi connectivity index (χ4n) is 1.77. The van der Waals surface area contributed by atoms with Gasteiger partial charge in [-0.15, -0.1) is 0 Å². The van der Waals surface area contributed by atoms with Crippen molar-refractivity contribution in [2.45, 2.75) is 125 Å². The zero-order valence-electron chi connectivity index (χ0n) is 30.7. The molecule has 0 aromatic rings. The number of hydrogen-bond acceptors (Lipinski definition) is 12. The second kappa shape index (κ2) is 17.8. The largest absolute Gasteiger partial charge is 0.387 e. The standard InChI is InChI=1S/3C11H18O4.Ir/c3*1-10(2,3)7(12)8(13)15-9(14)11(4,5)6;/h3*1-6H3;. The number of ether oxygens (including phenoxy) is 3. The van der Waals surface area contributed by atoms with Crippen LogP contribution in [0.5, 0.6) is 0 Å². The number of ketones is 3. The smallest absolute Gasteiger partial charge is 0.382 e. The fourth-order valence-corrected chi connectivity index (χ4v) is 1.77. The molecule has 0 bridgehead atoms. The number of carbonyl (C=O) groups is 9.